The van der Waals surface area contributed by atoms with E-state index in [0.29, 0.717) is 3.57 Å². The van der Waals surface area contributed by atoms with Crippen molar-refractivity contribution in [2.45, 2.75) is 6.18 Å². The van der Waals surface area contributed by atoms with E-state index in [2.05, 4.69) is 5.32 Å². The van der Waals surface area contributed by atoms with Gasteiger partial charge in [0.1, 0.15) is 0 Å². The largest absolute Gasteiger partial charge is 0.416 e. The Morgan fingerprint density at radius 1 is 1.33 bits per heavy atom. The van der Waals surface area contributed by atoms with E-state index in [4.69, 9.17) is 0 Å². The number of alkyl halides is 3. The molecule has 82 valence electrons. The molecule has 0 spiro atoms. The molecular formula is C9H7F3INO. The van der Waals surface area contributed by atoms with Gasteiger partial charge in [0, 0.05) is 16.2 Å². The summed E-state index contributed by atoms with van der Waals surface area (Å²) >= 11 is 1.74. The van der Waals surface area contributed by atoms with Gasteiger partial charge in [-0.05, 0) is 40.8 Å². The molecule has 0 saturated carbocycles. The van der Waals surface area contributed by atoms with Gasteiger partial charge in [-0.1, -0.05) is 0 Å². The molecule has 2 nitrogen and oxygen atoms in total. The van der Waals surface area contributed by atoms with Crippen LogP contribution in [0.1, 0.15) is 15.9 Å². The molecule has 1 amide bonds. The average Bonchev–Trinajstić information content (AvgIpc) is 2.14. The zero-order valence-corrected chi connectivity index (χ0v) is 9.81. The predicted octanol–water partition coefficient (Wildman–Crippen LogP) is 2.67. The van der Waals surface area contributed by atoms with E-state index in [1.807, 2.05) is 0 Å². The Hall–Kier alpha value is -0.790. The minimum atomic E-state index is -4.43. The molecule has 0 saturated heterocycles. The number of benzene rings is 1. The molecule has 0 aliphatic carbocycles. The number of carbonyl (C=O) groups excluding carboxylic acids is 1. The maximum absolute atomic E-state index is 12.4. The monoisotopic (exact) mass is 329 g/mol. The van der Waals surface area contributed by atoms with E-state index >= 15 is 0 Å². The van der Waals surface area contributed by atoms with E-state index in [1.54, 1.807) is 22.6 Å². The van der Waals surface area contributed by atoms with Crippen molar-refractivity contribution in [3.63, 3.8) is 0 Å². The SMILES string of the molecule is CNC(=O)c1cc(I)cc(C(F)(F)F)c1. The van der Waals surface area contributed by atoms with Crippen LogP contribution in [0.3, 0.4) is 0 Å². The Morgan fingerprint density at radius 3 is 2.40 bits per heavy atom. The lowest BCUT2D eigenvalue weighted by Crippen LogP contribution is -2.19. The third kappa shape index (κ3) is 3.08. The Bertz CT molecular complexity index is 389. The third-order valence-electron chi connectivity index (χ3n) is 1.71. The molecule has 1 N–H and O–H groups in total. The highest BCUT2D eigenvalue weighted by Crippen LogP contribution is 2.30. The van der Waals surface area contributed by atoms with Crippen molar-refractivity contribution in [3.05, 3.63) is 32.9 Å². The predicted molar refractivity (Wildman–Crippen MR) is 57.6 cm³/mol. The third-order valence-corrected chi connectivity index (χ3v) is 2.34. The summed E-state index contributed by atoms with van der Waals surface area (Å²) in [6, 6.07) is 3.22. The van der Waals surface area contributed by atoms with Crippen molar-refractivity contribution in [3.8, 4) is 0 Å². The van der Waals surface area contributed by atoms with Gasteiger partial charge in [-0.2, -0.15) is 13.2 Å². The van der Waals surface area contributed by atoms with E-state index in [9.17, 15) is 18.0 Å². The Morgan fingerprint density at radius 2 is 1.93 bits per heavy atom. The number of rotatable bonds is 1. The number of nitrogens with one attached hydrogen (secondary N) is 1. The van der Waals surface area contributed by atoms with Crippen molar-refractivity contribution >= 4 is 28.5 Å². The maximum Gasteiger partial charge on any atom is 0.416 e. The van der Waals surface area contributed by atoms with Crippen LogP contribution in [0.5, 0.6) is 0 Å². The highest BCUT2D eigenvalue weighted by Gasteiger charge is 2.31. The van der Waals surface area contributed by atoms with Crippen LogP contribution in [0.2, 0.25) is 0 Å². The number of amides is 1. The second-order valence-electron chi connectivity index (χ2n) is 2.81. The number of halogens is 4. The first-order valence-corrected chi connectivity index (χ1v) is 5.02. The first kappa shape index (κ1) is 12.3. The Balaban J connectivity index is 3.23. The van der Waals surface area contributed by atoms with Crippen molar-refractivity contribution < 1.29 is 18.0 Å². The van der Waals surface area contributed by atoms with Gasteiger partial charge in [0.05, 0.1) is 5.56 Å². The minimum Gasteiger partial charge on any atom is -0.355 e. The molecule has 0 heterocycles. The molecule has 15 heavy (non-hydrogen) atoms. The first-order chi connectivity index (χ1) is 6.84. The number of hydrogen-bond donors (Lipinski definition) is 1. The minimum absolute atomic E-state index is 0.0109. The van der Waals surface area contributed by atoms with Gasteiger partial charge in [-0.25, -0.2) is 0 Å². The summed E-state index contributed by atoms with van der Waals surface area (Å²) in [6.45, 7) is 0. The number of carbonyl (C=O) groups is 1. The molecule has 6 heteroatoms. The quantitative estimate of drug-likeness (QED) is 0.789. The Labute approximate surface area is 98.0 Å². The van der Waals surface area contributed by atoms with Crippen molar-refractivity contribution in [1.82, 2.24) is 5.32 Å². The standard InChI is InChI=1S/C9H7F3INO/c1-14-8(15)5-2-6(9(10,11)12)4-7(13)3-5/h2-4H,1H3,(H,14,15). The highest BCUT2D eigenvalue weighted by molar-refractivity contribution is 14.1. The molecule has 0 atom stereocenters. The molecule has 1 rings (SSSR count). The molecule has 0 bridgehead atoms. The molecule has 0 radical (unpaired) electrons. The molecule has 0 aliphatic heterocycles. The van der Waals surface area contributed by atoms with Crippen LogP contribution in [0.15, 0.2) is 18.2 Å². The lowest BCUT2D eigenvalue weighted by Gasteiger charge is -2.09. The van der Waals surface area contributed by atoms with E-state index in [0.717, 1.165) is 12.1 Å². The molecular weight excluding hydrogens is 322 g/mol. The van der Waals surface area contributed by atoms with Gasteiger partial charge in [0.15, 0.2) is 0 Å². The van der Waals surface area contributed by atoms with Crippen LogP contribution in [0.4, 0.5) is 13.2 Å². The summed E-state index contributed by atoms with van der Waals surface area (Å²) < 4.78 is 37.5. The van der Waals surface area contributed by atoms with Crippen LogP contribution >= 0.6 is 22.6 Å². The van der Waals surface area contributed by atoms with Crippen molar-refractivity contribution in [2.75, 3.05) is 7.05 Å². The molecule has 1 aromatic rings. The second kappa shape index (κ2) is 4.38. The van der Waals surface area contributed by atoms with Crippen LogP contribution in [-0.4, -0.2) is 13.0 Å². The topological polar surface area (TPSA) is 29.1 Å². The summed E-state index contributed by atoms with van der Waals surface area (Å²) in [5.74, 6) is -0.529. The van der Waals surface area contributed by atoms with Gasteiger partial charge in [0.2, 0.25) is 0 Å². The summed E-state index contributed by atoms with van der Waals surface area (Å²) in [5.41, 5.74) is -0.801. The van der Waals surface area contributed by atoms with Gasteiger partial charge < -0.3 is 5.32 Å². The van der Waals surface area contributed by atoms with Crippen LogP contribution in [0.25, 0.3) is 0 Å². The van der Waals surface area contributed by atoms with Gasteiger partial charge in [-0.3, -0.25) is 4.79 Å². The lowest BCUT2D eigenvalue weighted by atomic mass is 10.1. The molecule has 0 aromatic heterocycles. The molecule has 0 unspecified atom stereocenters. The van der Waals surface area contributed by atoms with E-state index in [1.165, 1.54) is 13.1 Å². The smallest absolute Gasteiger partial charge is 0.355 e. The molecule has 0 fully saturated rings. The second-order valence-corrected chi connectivity index (χ2v) is 4.05. The first-order valence-electron chi connectivity index (χ1n) is 3.94. The summed E-state index contributed by atoms with van der Waals surface area (Å²) in [4.78, 5) is 11.2. The average molecular weight is 329 g/mol. The van der Waals surface area contributed by atoms with Crippen LogP contribution in [-0.2, 0) is 6.18 Å². The van der Waals surface area contributed by atoms with Gasteiger partial charge in [0.25, 0.3) is 5.91 Å². The molecule has 0 aliphatic rings. The summed E-state index contributed by atoms with van der Waals surface area (Å²) in [6.07, 6.45) is -4.43. The zero-order chi connectivity index (χ0) is 11.6. The van der Waals surface area contributed by atoms with Gasteiger partial charge >= 0.3 is 6.18 Å². The Kier molecular flexibility index (Phi) is 3.58. The number of hydrogen-bond acceptors (Lipinski definition) is 1. The van der Waals surface area contributed by atoms with Crippen LogP contribution in [0, 0.1) is 3.57 Å². The summed E-state index contributed by atoms with van der Waals surface area (Å²) in [7, 11) is 1.37. The lowest BCUT2D eigenvalue weighted by molar-refractivity contribution is -0.137. The highest BCUT2D eigenvalue weighted by atomic mass is 127. The van der Waals surface area contributed by atoms with E-state index < -0.39 is 17.6 Å². The normalized spacial score (nSPS) is 11.3. The zero-order valence-electron chi connectivity index (χ0n) is 7.65. The van der Waals surface area contributed by atoms with Gasteiger partial charge in [-0.15, -0.1) is 0 Å². The van der Waals surface area contributed by atoms with Crippen LogP contribution < -0.4 is 5.32 Å². The fourth-order valence-electron chi connectivity index (χ4n) is 1.03. The van der Waals surface area contributed by atoms with Crippen molar-refractivity contribution in [1.29, 1.82) is 0 Å². The van der Waals surface area contributed by atoms with E-state index in [-0.39, 0.29) is 5.56 Å². The molecule has 1 aromatic carbocycles. The maximum atomic E-state index is 12.4. The fraction of sp³-hybridized carbons (Fsp3) is 0.222. The van der Waals surface area contributed by atoms with Crippen molar-refractivity contribution in [2.24, 2.45) is 0 Å². The summed E-state index contributed by atoms with van der Waals surface area (Å²) in [5, 5.41) is 2.28. The fourth-order valence-corrected chi connectivity index (χ4v) is 1.70.